The maximum Gasteiger partial charge on any atom is 0.416 e. The molecule has 0 amide bonds. The van der Waals surface area contributed by atoms with Crippen LogP contribution in [0.2, 0.25) is 0 Å². The zero-order valence-corrected chi connectivity index (χ0v) is 11.2. The third-order valence-electron chi connectivity index (χ3n) is 3.04. The number of methoxy groups -OCH3 is 1. The Labute approximate surface area is 122 Å². The Kier molecular flexibility index (Phi) is 4.07. The SMILES string of the molecule is COc1ccc(C(F)(F)F)cc1-c1cccc(F)c1C(=O)O. The van der Waals surface area contributed by atoms with Gasteiger partial charge in [0, 0.05) is 11.1 Å². The summed E-state index contributed by atoms with van der Waals surface area (Å²) in [5, 5.41) is 9.10. The largest absolute Gasteiger partial charge is 0.496 e. The number of carboxylic acids is 1. The lowest BCUT2D eigenvalue weighted by molar-refractivity contribution is -0.137. The van der Waals surface area contributed by atoms with Crippen molar-refractivity contribution in [2.75, 3.05) is 7.11 Å². The summed E-state index contributed by atoms with van der Waals surface area (Å²) in [5.41, 5.74) is -2.02. The molecule has 0 unspecified atom stereocenters. The quantitative estimate of drug-likeness (QED) is 0.863. The van der Waals surface area contributed by atoms with Crippen molar-refractivity contribution in [2.24, 2.45) is 0 Å². The fourth-order valence-corrected chi connectivity index (χ4v) is 2.06. The monoisotopic (exact) mass is 314 g/mol. The van der Waals surface area contributed by atoms with Crippen LogP contribution in [0.5, 0.6) is 5.75 Å². The number of halogens is 4. The number of rotatable bonds is 3. The highest BCUT2D eigenvalue weighted by Crippen LogP contribution is 2.38. The minimum atomic E-state index is -4.61. The number of carbonyl (C=O) groups is 1. The molecule has 2 aromatic carbocycles. The second-order valence-corrected chi connectivity index (χ2v) is 4.38. The molecule has 0 heterocycles. The van der Waals surface area contributed by atoms with E-state index in [1.807, 2.05) is 0 Å². The molecule has 0 saturated carbocycles. The average molecular weight is 314 g/mol. The first-order valence-corrected chi connectivity index (χ1v) is 6.03. The summed E-state index contributed by atoms with van der Waals surface area (Å²) in [6.07, 6.45) is -4.61. The first-order valence-electron chi connectivity index (χ1n) is 6.03. The molecule has 0 atom stereocenters. The Morgan fingerprint density at radius 1 is 1.14 bits per heavy atom. The zero-order valence-electron chi connectivity index (χ0n) is 11.2. The molecule has 0 saturated heterocycles. The number of ether oxygens (including phenoxy) is 1. The van der Waals surface area contributed by atoms with Crippen molar-refractivity contribution < 1.29 is 32.2 Å². The molecule has 2 rings (SSSR count). The standard InChI is InChI=1S/C15H10F4O3/c1-22-12-6-5-8(15(17,18)19)7-10(12)9-3-2-4-11(16)13(9)14(20)21/h2-7H,1H3,(H,20,21). The van der Waals surface area contributed by atoms with E-state index in [-0.39, 0.29) is 16.9 Å². The van der Waals surface area contributed by atoms with Gasteiger partial charge in [0.25, 0.3) is 0 Å². The molecule has 0 spiro atoms. The van der Waals surface area contributed by atoms with Gasteiger partial charge in [-0.05, 0) is 24.3 Å². The van der Waals surface area contributed by atoms with E-state index >= 15 is 0 Å². The van der Waals surface area contributed by atoms with Crippen LogP contribution in [0.4, 0.5) is 17.6 Å². The van der Waals surface area contributed by atoms with Crippen molar-refractivity contribution in [3.8, 4) is 16.9 Å². The Balaban J connectivity index is 2.76. The van der Waals surface area contributed by atoms with Crippen molar-refractivity contribution in [2.45, 2.75) is 6.18 Å². The molecule has 0 aliphatic heterocycles. The van der Waals surface area contributed by atoms with Gasteiger partial charge in [-0.3, -0.25) is 0 Å². The van der Waals surface area contributed by atoms with Gasteiger partial charge in [-0.1, -0.05) is 12.1 Å². The topological polar surface area (TPSA) is 46.5 Å². The highest BCUT2D eigenvalue weighted by Gasteiger charge is 2.32. The van der Waals surface area contributed by atoms with Gasteiger partial charge in [-0.2, -0.15) is 13.2 Å². The normalized spacial score (nSPS) is 11.3. The molecule has 1 N–H and O–H groups in total. The minimum absolute atomic E-state index is 0.0149. The van der Waals surface area contributed by atoms with E-state index in [1.165, 1.54) is 19.2 Å². The Morgan fingerprint density at radius 2 is 1.82 bits per heavy atom. The smallest absolute Gasteiger partial charge is 0.416 e. The van der Waals surface area contributed by atoms with E-state index in [0.717, 1.165) is 24.3 Å². The molecule has 0 fully saturated rings. The van der Waals surface area contributed by atoms with E-state index in [0.29, 0.717) is 0 Å². The summed E-state index contributed by atoms with van der Waals surface area (Å²) in [7, 11) is 1.23. The lowest BCUT2D eigenvalue weighted by Crippen LogP contribution is -2.07. The fraction of sp³-hybridized carbons (Fsp3) is 0.133. The number of hydrogen-bond acceptors (Lipinski definition) is 2. The van der Waals surface area contributed by atoms with Gasteiger partial charge < -0.3 is 9.84 Å². The molecule has 7 heteroatoms. The summed E-state index contributed by atoms with van der Waals surface area (Å²) in [6, 6.07) is 5.98. The third-order valence-corrected chi connectivity index (χ3v) is 3.04. The zero-order chi connectivity index (χ0) is 16.5. The average Bonchev–Trinajstić information content (AvgIpc) is 2.44. The van der Waals surface area contributed by atoms with Crippen LogP contribution in [0.1, 0.15) is 15.9 Å². The molecule has 2 aromatic rings. The lowest BCUT2D eigenvalue weighted by atomic mass is 9.96. The van der Waals surface area contributed by atoms with Crippen LogP contribution in [0, 0.1) is 5.82 Å². The molecule has 0 aliphatic rings. The van der Waals surface area contributed by atoms with Crippen LogP contribution in [0.25, 0.3) is 11.1 Å². The molecule has 3 nitrogen and oxygen atoms in total. The van der Waals surface area contributed by atoms with Crippen molar-refractivity contribution >= 4 is 5.97 Å². The first-order chi connectivity index (χ1) is 10.3. The predicted octanol–water partition coefficient (Wildman–Crippen LogP) is 4.22. The second kappa shape index (κ2) is 5.67. The van der Waals surface area contributed by atoms with Crippen molar-refractivity contribution in [1.29, 1.82) is 0 Å². The summed E-state index contributed by atoms with van der Waals surface area (Å²) >= 11 is 0. The number of aromatic carboxylic acids is 1. The number of hydrogen-bond donors (Lipinski definition) is 1. The van der Waals surface area contributed by atoms with Gasteiger partial charge >= 0.3 is 12.1 Å². The van der Waals surface area contributed by atoms with Crippen LogP contribution in [-0.2, 0) is 6.18 Å². The highest BCUT2D eigenvalue weighted by atomic mass is 19.4. The van der Waals surface area contributed by atoms with E-state index in [9.17, 15) is 22.4 Å². The molecule has 0 aliphatic carbocycles. The van der Waals surface area contributed by atoms with Crippen molar-refractivity contribution in [3.05, 3.63) is 53.3 Å². The lowest BCUT2D eigenvalue weighted by Gasteiger charge is -2.14. The first kappa shape index (κ1) is 15.8. The predicted molar refractivity (Wildman–Crippen MR) is 70.3 cm³/mol. The summed E-state index contributed by atoms with van der Waals surface area (Å²) in [4.78, 5) is 11.2. The van der Waals surface area contributed by atoms with E-state index in [4.69, 9.17) is 9.84 Å². The Bertz CT molecular complexity index is 723. The Hall–Kier alpha value is -2.57. The molecule has 22 heavy (non-hydrogen) atoms. The van der Waals surface area contributed by atoms with Gasteiger partial charge in [0.15, 0.2) is 0 Å². The highest BCUT2D eigenvalue weighted by molar-refractivity contribution is 5.97. The fourth-order valence-electron chi connectivity index (χ4n) is 2.06. The maximum atomic E-state index is 13.7. The third kappa shape index (κ3) is 2.88. The molecule has 0 bridgehead atoms. The van der Waals surface area contributed by atoms with Crippen LogP contribution in [-0.4, -0.2) is 18.2 Å². The molecule has 0 aromatic heterocycles. The summed E-state index contributed by atoms with van der Waals surface area (Å²) in [5.74, 6) is -2.60. The van der Waals surface area contributed by atoms with Crippen LogP contribution >= 0.6 is 0 Å². The summed E-state index contributed by atoms with van der Waals surface area (Å²) < 4.78 is 57.2. The van der Waals surface area contributed by atoms with Gasteiger partial charge in [0.05, 0.1) is 12.7 Å². The second-order valence-electron chi connectivity index (χ2n) is 4.38. The van der Waals surface area contributed by atoms with Gasteiger partial charge in [-0.25, -0.2) is 9.18 Å². The van der Waals surface area contributed by atoms with E-state index in [1.54, 1.807) is 0 Å². The molecular weight excluding hydrogens is 304 g/mol. The van der Waals surface area contributed by atoms with Crippen LogP contribution in [0.15, 0.2) is 36.4 Å². The summed E-state index contributed by atoms with van der Waals surface area (Å²) in [6.45, 7) is 0. The minimum Gasteiger partial charge on any atom is -0.496 e. The van der Waals surface area contributed by atoms with Crippen LogP contribution < -0.4 is 4.74 Å². The number of carboxylic acid groups (broad SMARTS) is 1. The van der Waals surface area contributed by atoms with Gasteiger partial charge in [0.1, 0.15) is 17.1 Å². The van der Waals surface area contributed by atoms with Gasteiger partial charge in [-0.15, -0.1) is 0 Å². The molecule has 0 radical (unpaired) electrons. The molecular formula is C15H10F4O3. The van der Waals surface area contributed by atoms with Crippen molar-refractivity contribution in [1.82, 2.24) is 0 Å². The number of alkyl halides is 3. The van der Waals surface area contributed by atoms with E-state index < -0.39 is 29.1 Å². The molecule has 116 valence electrons. The van der Waals surface area contributed by atoms with Gasteiger partial charge in [0.2, 0.25) is 0 Å². The maximum absolute atomic E-state index is 13.7. The number of benzene rings is 2. The Morgan fingerprint density at radius 3 is 2.36 bits per heavy atom. The van der Waals surface area contributed by atoms with Crippen molar-refractivity contribution in [3.63, 3.8) is 0 Å². The van der Waals surface area contributed by atoms with E-state index in [2.05, 4.69) is 0 Å². The van der Waals surface area contributed by atoms with Crippen LogP contribution in [0.3, 0.4) is 0 Å².